The third kappa shape index (κ3) is 4.36. The van der Waals surface area contributed by atoms with Crippen molar-refractivity contribution < 1.29 is 14.8 Å². The minimum Gasteiger partial charge on any atom is -0.507 e. The Morgan fingerprint density at radius 3 is 2.96 bits per heavy atom. The number of hydrazone groups is 1. The fraction of sp³-hybridized carbons (Fsp3) is 0.154. The fourth-order valence-corrected chi connectivity index (χ4v) is 2.09. The van der Waals surface area contributed by atoms with Gasteiger partial charge in [-0.05, 0) is 30.0 Å². The van der Waals surface area contributed by atoms with Crippen LogP contribution in [0.3, 0.4) is 0 Å². The number of nitrogens with one attached hydrogen (secondary N) is 1. The first-order valence-corrected chi connectivity index (χ1v) is 7.15. The Bertz CT molecular complexity index is 787. The summed E-state index contributed by atoms with van der Waals surface area (Å²) in [5.74, 6) is -0.806. The summed E-state index contributed by atoms with van der Waals surface area (Å²) >= 11 is 3.26. The van der Waals surface area contributed by atoms with Crippen molar-refractivity contribution in [3.05, 3.63) is 50.1 Å². The predicted octanol–water partition coefficient (Wildman–Crippen LogP) is 1.72. The lowest BCUT2D eigenvalue weighted by Gasteiger charge is -2.01. The van der Waals surface area contributed by atoms with Gasteiger partial charge in [-0.1, -0.05) is 15.9 Å². The second-order valence-electron chi connectivity index (χ2n) is 4.55. The molecule has 0 saturated heterocycles. The van der Waals surface area contributed by atoms with Crippen molar-refractivity contribution in [2.45, 2.75) is 13.5 Å². The van der Waals surface area contributed by atoms with Crippen LogP contribution in [0.5, 0.6) is 5.75 Å². The summed E-state index contributed by atoms with van der Waals surface area (Å²) in [4.78, 5) is 21.7. The zero-order valence-corrected chi connectivity index (χ0v) is 13.5. The first-order chi connectivity index (χ1) is 10.9. The van der Waals surface area contributed by atoms with Crippen molar-refractivity contribution in [3.63, 3.8) is 0 Å². The van der Waals surface area contributed by atoms with Crippen LogP contribution < -0.4 is 5.43 Å². The number of nitro groups is 1. The molecular weight excluding hydrogens is 370 g/mol. The van der Waals surface area contributed by atoms with Gasteiger partial charge in [0.2, 0.25) is 0 Å². The Labute approximate surface area is 138 Å². The van der Waals surface area contributed by atoms with Crippen molar-refractivity contribution >= 4 is 33.9 Å². The molecule has 0 spiro atoms. The van der Waals surface area contributed by atoms with Crippen LogP contribution in [-0.2, 0) is 11.3 Å². The summed E-state index contributed by atoms with van der Waals surface area (Å²) in [5.41, 5.74) is 3.17. The molecule has 1 aromatic heterocycles. The number of halogens is 1. The van der Waals surface area contributed by atoms with E-state index in [9.17, 15) is 20.0 Å². The van der Waals surface area contributed by atoms with E-state index in [2.05, 4.69) is 31.6 Å². The zero-order valence-electron chi connectivity index (χ0n) is 11.9. The molecule has 0 aliphatic heterocycles. The van der Waals surface area contributed by atoms with Crippen LogP contribution in [-0.4, -0.2) is 31.9 Å². The van der Waals surface area contributed by atoms with Crippen LogP contribution in [0.2, 0.25) is 0 Å². The molecule has 0 atom stereocenters. The van der Waals surface area contributed by atoms with Crippen molar-refractivity contribution in [3.8, 4) is 5.75 Å². The number of phenols is 1. The van der Waals surface area contributed by atoms with Crippen molar-refractivity contribution in [2.75, 3.05) is 0 Å². The molecule has 120 valence electrons. The van der Waals surface area contributed by atoms with E-state index in [1.165, 1.54) is 23.0 Å². The first kappa shape index (κ1) is 16.6. The molecule has 0 radical (unpaired) electrons. The molecule has 1 aromatic carbocycles. The quantitative estimate of drug-likeness (QED) is 0.463. The Morgan fingerprint density at radius 2 is 2.30 bits per heavy atom. The standard InChI is InChI=1S/C13H12BrN5O4/c1-8-4-12(19(22)23)17-18(8)7-13(21)16-15-6-9-5-10(14)2-3-11(9)20/h2-6,20H,7H2,1H3,(H,16,21)/b15-6-. The number of carbonyl (C=O) groups excluding carboxylic acids is 1. The van der Waals surface area contributed by atoms with Crippen LogP contribution >= 0.6 is 15.9 Å². The molecule has 0 saturated carbocycles. The number of hydrogen-bond acceptors (Lipinski definition) is 6. The van der Waals surface area contributed by atoms with E-state index in [-0.39, 0.29) is 18.1 Å². The topological polar surface area (TPSA) is 123 Å². The summed E-state index contributed by atoms with van der Waals surface area (Å²) in [7, 11) is 0. The van der Waals surface area contributed by atoms with Gasteiger partial charge in [-0.15, -0.1) is 0 Å². The monoisotopic (exact) mass is 381 g/mol. The number of hydrogen-bond donors (Lipinski definition) is 2. The van der Waals surface area contributed by atoms with Crippen molar-refractivity contribution in [1.29, 1.82) is 0 Å². The van der Waals surface area contributed by atoms with E-state index in [0.29, 0.717) is 11.3 Å². The van der Waals surface area contributed by atoms with Gasteiger partial charge in [0.15, 0.2) is 0 Å². The molecule has 10 heteroatoms. The normalized spacial score (nSPS) is 10.9. The maximum absolute atomic E-state index is 11.8. The zero-order chi connectivity index (χ0) is 17.0. The van der Waals surface area contributed by atoms with Gasteiger partial charge in [0, 0.05) is 10.0 Å². The van der Waals surface area contributed by atoms with Gasteiger partial charge in [-0.3, -0.25) is 4.79 Å². The van der Waals surface area contributed by atoms with Crippen LogP contribution in [0.1, 0.15) is 11.3 Å². The van der Waals surface area contributed by atoms with E-state index in [1.807, 2.05) is 0 Å². The highest BCUT2D eigenvalue weighted by Crippen LogP contribution is 2.19. The smallest absolute Gasteiger partial charge is 0.390 e. The average Bonchev–Trinajstić information content (AvgIpc) is 2.84. The number of nitrogens with zero attached hydrogens (tertiary/aromatic N) is 4. The van der Waals surface area contributed by atoms with E-state index in [1.54, 1.807) is 19.1 Å². The lowest BCUT2D eigenvalue weighted by Crippen LogP contribution is -2.24. The Morgan fingerprint density at radius 1 is 1.57 bits per heavy atom. The van der Waals surface area contributed by atoms with Gasteiger partial charge in [0.05, 0.1) is 23.1 Å². The Hall–Kier alpha value is -2.75. The third-order valence-electron chi connectivity index (χ3n) is 2.83. The predicted molar refractivity (Wildman–Crippen MR) is 85.2 cm³/mol. The molecule has 1 heterocycles. The second kappa shape index (κ2) is 7.01. The number of aromatic nitrogens is 2. The Kier molecular flexibility index (Phi) is 5.06. The molecule has 2 N–H and O–H groups in total. The van der Waals surface area contributed by atoms with Gasteiger partial charge in [-0.2, -0.15) is 9.78 Å². The molecule has 0 aliphatic rings. The number of amides is 1. The summed E-state index contributed by atoms with van der Waals surface area (Å²) in [5, 5.41) is 27.7. The lowest BCUT2D eigenvalue weighted by molar-refractivity contribution is -0.389. The molecule has 2 rings (SSSR count). The first-order valence-electron chi connectivity index (χ1n) is 6.36. The van der Waals surface area contributed by atoms with Crippen molar-refractivity contribution in [1.82, 2.24) is 15.2 Å². The van der Waals surface area contributed by atoms with E-state index >= 15 is 0 Å². The number of phenolic OH excluding ortho intramolecular Hbond substituents is 1. The highest BCUT2D eigenvalue weighted by atomic mass is 79.9. The van der Waals surface area contributed by atoms with Gasteiger partial charge in [0.25, 0.3) is 5.91 Å². The summed E-state index contributed by atoms with van der Waals surface area (Å²) < 4.78 is 1.96. The van der Waals surface area contributed by atoms with E-state index < -0.39 is 10.8 Å². The minimum absolute atomic E-state index is 0.0183. The summed E-state index contributed by atoms with van der Waals surface area (Å²) in [6.07, 6.45) is 1.29. The van der Waals surface area contributed by atoms with Crippen LogP contribution in [0.4, 0.5) is 5.82 Å². The van der Waals surface area contributed by atoms with Crippen LogP contribution in [0.15, 0.2) is 33.8 Å². The van der Waals surface area contributed by atoms with Crippen LogP contribution in [0.25, 0.3) is 0 Å². The van der Waals surface area contributed by atoms with Crippen molar-refractivity contribution in [2.24, 2.45) is 5.10 Å². The maximum Gasteiger partial charge on any atom is 0.390 e. The van der Waals surface area contributed by atoms with Gasteiger partial charge in [-0.25, -0.2) is 5.43 Å². The van der Waals surface area contributed by atoms with E-state index in [0.717, 1.165) is 4.47 Å². The summed E-state index contributed by atoms with van der Waals surface area (Å²) in [6, 6.07) is 6.06. The highest BCUT2D eigenvalue weighted by Gasteiger charge is 2.17. The molecule has 0 aliphatic carbocycles. The number of carbonyl (C=O) groups is 1. The number of aryl methyl sites for hydroxylation is 1. The molecule has 0 bridgehead atoms. The molecule has 2 aromatic rings. The largest absolute Gasteiger partial charge is 0.507 e. The summed E-state index contributed by atoms with van der Waals surface area (Å²) in [6.45, 7) is 1.40. The maximum atomic E-state index is 11.8. The number of benzene rings is 1. The highest BCUT2D eigenvalue weighted by molar-refractivity contribution is 9.10. The molecule has 1 amide bonds. The third-order valence-corrected chi connectivity index (χ3v) is 3.32. The lowest BCUT2D eigenvalue weighted by atomic mass is 10.2. The SMILES string of the molecule is Cc1cc([N+](=O)[O-])nn1CC(=O)N/N=C\c1cc(Br)ccc1O. The van der Waals surface area contributed by atoms with Gasteiger partial charge in [0.1, 0.15) is 12.3 Å². The minimum atomic E-state index is -0.629. The number of rotatable bonds is 5. The molecular formula is C13H12BrN5O4. The van der Waals surface area contributed by atoms with Gasteiger partial charge >= 0.3 is 5.82 Å². The molecule has 23 heavy (non-hydrogen) atoms. The van der Waals surface area contributed by atoms with E-state index in [4.69, 9.17) is 0 Å². The molecule has 0 unspecified atom stereocenters. The molecule has 0 fully saturated rings. The molecule has 9 nitrogen and oxygen atoms in total. The average molecular weight is 382 g/mol. The Balaban J connectivity index is 1.99. The fourth-order valence-electron chi connectivity index (χ4n) is 1.72. The second-order valence-corrected chi connectivity index (χ2v) is 5.47. The van der Waals surface area contributed by atoms with Crippen LogP contribution in [0, 0.1) is 17.0 Å². The number of aromatic hydroxyl groups is 1. The van der Waals surface area contributed by atoms with Gasteiger partial charge < -0.3 is 15.2 Å².